The average Bonchev–Trinajstić information content (AvgIpc) is 3.06. The van der Waals surface area contributed by atoms with E-state index in [0.717, 1.165) is 27.4 Å². The molecule has 0 spiro atoms. The lowest BCUT2D eigenvalue weighted by atomic mass is 10.1. The number of nitrogens with zero attached hydrogens (tertiary/aromatic N) is 1. The van der Waals surface area contributed by atoms with E-state index in [9.17, 15) is 4.79 Å². The summed E-state index contributed by atoms with van der Waals surface area (Å²) in [5.74, 6) is 0.376. The van der Waals surface area contributed by atoms with Crippen molar-refractivity contribution in [1.29, 1.82) is 0 Å². The van der Waals surface area contributed by atoms with E-state index >= 15 is 0 Å². The second kappa shape index (κ2) is 6.06. The number of rotatable bonds is 3. The number of hydrogen-bond donors (Lipinski definition) is 1. The van der Waals surface area contributed by atoms with Gasteiger partial charge in [-0.05, 0) is 23.6 Å². The molecule has 4 nitrogen and oxygen atoms in total. The smallest absolute Gasteiger partial charge is 0.229 e. The van der Waals surface area contributed by atoms with Gasteiger partial charge in [0.1, 0.15) is 5.52 Å². The molecule has 0 radical (unpaired) electrons. The van der Waals surface area contributed by atoms with Crippen LogP contribution in [0.1, 0.15) is 13.8 Å². The van der Waals surface area contributed by atoms with E-state index in [2.05, 4.69) is 10.3 Å². The summed E-state index contributed by atoms with van der Waals surface area (Å²) in [4.78, 5) is 16.7. The fourth-order valence-corrected chi connectivity index (χ4v) is 2.83. The highest BCUT2D eigenvalue weighted by atomic mass is 16.3. The van der Waals surface area contributed by atoms with Gasteiger partial charge >= 0.3 is 0 Å². The minimum atomic E-state index is -0.0966. The number of oxazole rings is 1. The molecule has 1 N–H and O–H groups in total. The summed E-state index contributed by atoms with van der Waals surface area (Å²) < 4.78 is 6.09. The summed E-state index contributed by atoms with van der Waals surface area (Å²) in [6.45, 7) is 3.73. The number of fused-ring (bicyclic) bond motifs is 3. The summed E-state index contributed by atoms with van der Waals surface area (Å²) in [6.07, 6.45) is 0. The largest absolute Gasteiger partial charge is 0.435 e. The zero-order valence-electron chi connectivity index (χ0n) is 14.1. The highest BCUT2D eigenvalue weighted by molar-refractivity contribution is 6.04. The molecule has 0 fully saturated rings. The first kappa shape index (κ1) is 15.4. The molecular weight excluding hydrogens is 312 g/mol. The molecule has 1 amide bonds. The molecule has 0 aliphatic rings. The second-order valence-corrected chi connectivity index (χ2v) is 6.34. The first-order chi connectivity index (χ1) is 12.1. The van der Waals surface area contributed by atoms with Gasteiger partial charge in [-0.15, -0.1) is 0 Å². The SMILES string of the molecule is CC(C)C(=O)Nc1ccccc1-c1nc2ccc3ccccc3c2o1. The molecule has 124 valence electrons. The van der Waals surface area contributed by atoms with Gasteiger partial charge in [-0.2, -0.15) is 0 Å². The minimum absolute atomic E-state index is 0.0333. The van der Waals surface area contributed by atoms with Crippen molar-refractivity contribution in [3.8, 4) is 11.5 Å². The van der Waals surface area contributed by atoms with Crippen molar-refractivity contribution in [2.45, 2.75) is 13.8 Å². The minimum Gasteiger partial charge on any atom is -0.435 e. The summed E-state index contributed by atoms with van der Waals surface area (Å²) in [5, 5.41) is 5.09. The number of carbonyl (C=O) groups excluding carboxylic acids is 1. The third-order valence-corrected chi connectivity index (χ3v) is 4.22. The summed E-state index contributed by atoms with van der Waals surface area (Å²) in [7, 11) is 0. The van der Waals surface area contributed by atoms with E-state index in [0.29, 0.717) is 11.6 Å². The number of aromatic nitrogens is 1. The van der Waals surface area contributed by atoms with Gasteiger partial charge in [0.15, 0.2) is 5.58 Å². The predicted octanol–water partition coefficient (Wildman–Crippen LogP) is 5.24. The van der Waals surface area contributed by atoms with Crippen molar-refractivity contribution in [3.63, 3.8) is 0 Å². The quantitative estimate of drug-likeness (QED) is 0.558. The zero-order chi connectivity index (χ0) is 17.4. The second-order valence-electron chi connectivity index (χ2n) is 6.34. The Morgan fingerprint density at radius 2 is 1.76 bits per heavy atom. The Kier molecular flexibility index (Phi) is 3.73. The number of hydrogen-bond acceptors (Lipinski definition) is 3. The standard InChI is InChI=1S/C21H18N2O2/c1-13(2)20(24)22-17-10-6-5-9-16(17)21-23-18-12-11-14-7-3-4-8-15(14)19(18)25-21/h3-13H,1-2H3,(H,22,24). The normalized spacial score (nSPS) is 11.3. The summed E-state index contributed by atoms with van der Waals surface area (Å²) >= 11 is 0. The van der Waals surface area contributed by atoms with Crippen molar-refractivity contribution in [2.75, 3.05) is 5.32 Å². The number of para-hydroxylation sites is 1. The van der Waals surface area contributed by atoms with Crippen LogP contribution in [-0.4, -0.2) is 10.9 Å². The van der Waals surface area contributed by atoms with Crippen LogP contribution in [0, 0.1) is 5.92 Å². The predicted molar refractivity (Wildman–Crippen MR) is 100 cm³/mol. The number of anilines is 1. The zero-order valence-corrected chi connectivity index (χ0v) is 14.1. The molecular formula is C21H18N2O2. The Morgan fingerprint density at radius 1 is 1.00 bits per heavy atom. The van der Waals surface area contributed by atoms with Crippen LogP contribution in [0.3, 0.4) is 0 Å². The highest BCUT2D eigenvalue weighted by Crippen LogP contribution is 2.33. The summed E-state index contributed by atoms with van der Waals surface area (Å²) in [6, 6.07) is 19.6. The lowest BCUT2D eigenvalue weighted by Crippen LogP contribution is -2.18. The average molecular weight is 330 g/mol. The van der Waals surface area contributed by atoms with E-state index in [1.807, 2.05) is 74.5 Å². The van der Waals surface area contributed by atoms with Gasteiger partial charge in [0, 0.05) is 11.3 Å². The molecule has 3 aromatic carbocycles. The van der Waals surface area contributed by atoms with Gasteiger partial charge in [0.2, 0.25) is 11.8 Å². The Bertz CT molecular complexity index is 1080. The number of benzene rings is 3. The molecule has 25 heavy (non-hydrogen) atoms. The molecule has 0 atom stereocenters. The Balaban J connectivity index is 1.85. The molecule has 4 rings (SSSR count). The van der Waals surface area contributed by atoms with Gasteiger partial charge in [-0.3, -0.25) is 4.79 Å². The van der Waals surface area contributed by atoms with Crippen molar-refractivity contribution in [2.24, 2.45) is 5.92 Å². The first-order valence-electron chi connectivity index (χ1n) is 8.32. The Hall–Kier alpha value is -3.14. The van der Waals surface area contributed by atoms with Crippen LogP contribution in [0.5, 0.6) is 0 Å². The first-order valence-corrected chi connectivity index (χ1v) is 8.32. The number of carbonyl (C=O) groups is 1. The molecule has 0 saturated heterocycles. The third-order valence-electron chi connectivity index (χ3n) is 4.22. The Morgan fingerprint density at radius 3 is 2.60 bits per heavy atom. The van der Waals surface area contributed by atoms with E-state index in [1.165, 1.54) is 0 Å². The van der Waals surface area contributed by atoms with Crippen molar-refractivity contribution < 1.29 is 9.21 Å². The topological polar surface area (TPSA) is 55.1 Å². The van der Waals surface area contributed by atoms with Crippen molar-refractivity contribution >= 4 is 33.5 Å². The number of amides is 1. The van der Waals surface area contributed by atoms with Crippen LogP contribution in [0.15, 0.2) is 65.1 Å². The van der Waals surface area contributed by atoms with Gasteiger partial charge in [0.05, 0.1) is 11.3 Å². The molecule has 4 heteroatoms. The molecule has 0 unspecified atom stereocenters. The van der Waals surface area contributed by atoms with Crippen molar-refractivity contribution in [3.05, 3.63) is 60.7 Å². The lowest BCUT2D eigenvalue weighted by Gasteiger charge is -2.10. The van der Waals surface area contributed by atoms with Gasteiger partial charge < -0.3 is 9.73 Å². The van der Waals surface area contributed by atoms with E-state index < -0.39 is 0 Å². The van der Waals surface area contributed by atoms with Gasteiger partial charge in [-0.25, -0.2) is 4.98 Å². The monoisotopic (exact) mass is 330 g/mol. The molecule has 1 heterocycles. The highest BCUT2D eigenvalue weighted by Gasteiger charge is 2.16. The summed E-state index contributed by atoms with van der Waals surface area (Å²) in [5.41, 5.74) is 3.05. The molecule has 0 bridgehead atoms. The van der Waals surface area contributed by atoms with E-state index in [-0.39, 0.29) is 11.8 Å². The van der Waals surface area contributed by atoms with E-state index in [4.69, 9.17) is 4.42 Å². The Labute approximate surface area is 145 Å². The van der Waals surface area contributed by atoms with Crippen LogP contribution in [0.25, 0.3) is 33.3 Å². The van der Waals surface area contributed by atoms with Gasteiger partial charge in [-0.1, -0.05) is 56.3 Å². The maximum Gasteiger partial charge on any atom is 0.229 e. The fraction of sp³-hybridized carbons (Fsp3) is 0.143. The molecule has 0 aliphatic carbocycles. The van der Waals surface area contributed by atoms with Crippen LogP contribution < -0.4 is 5.32 Å². The molecule has 0 saturated carbocycles. The molecule has 4 aromatic rings. The fourth-order valence-electron chi connectivity index (χ4n) is 2.83. The molecule has 0 aliphatic heterocycles. The maximum atomic E-state index is 12.1. The van der Waals surface area contributed by atoms with Crippen LogP contribution in [-0.2, 0) is 4.79 Å². The van der Waals surface area contributed by atoms with Crippen LogP contribution in [0.4, 0.5) is 5.69 Å². The van der Waals surface area contributed by atoms with Gasteiger partial charge in [0.25, 0.3) is 0 Å². The van der Waals surface area contributed by atoms with Crippen LogP contribution >= 0.6 is 0 Å². The van der Waals surface area contributed by atoms with Crippen LogP contribution in [0.2, 0.25) is 0 Å². The molecule has 1 aromatic heterocycles. The third kappa shape index (κ3) is 2.76. The van der Waals surface area contributed by atoms with E-state index in [1.54, 1.807) is 0 Å². The maximum absolute atomic E-state index is 12.1. The number of nitrogens with one attached hydrogen (secondary N) is 1. The lowest BCUT2D eigenvalue weighted by molar-refractivity contribution is -0.118. The van der Waals surface area contributed by atoms with Crippen molar-refractivity contribution in [1.82, 2.24) is 4.98 Å².